The van der Waals surface area contributed by atoms with Gasteiger partial charge in [0.05, 0.1) is 5.69 Å². The summed E-state index contributed by atoms with van der Waals surface area (Å²) >= 11 is 0. The zero-order chi connectivity index (χ0) is 24.9. The Morgan fingerprint density at radius 3 is 2.50 bits per heavy atom. The predicted molar refractivity (Wildman–Crippen MR) is 128 cm³/mol. The van der Waals surface area contributed by atoms with Gasteiger partial charge in [-0.05, 0) is 86.5 Å². The number of fused-ring (bicyclic) bond motifs is 1. The molecular weight excluding hydrogens is 434 g/mol. The molecule has 3 atom stereocenters. The van der Waals surface area contributed by atoms with Gasteiger partial charge in [0, 0.05) is 52.7 Å². The van der Waals surface area contributed by atoms with E-state index < -0.39 is 18.1 Å². The third-order valence-electron chi connectivity index (χ3n) is 8.25. The molecule has 0 spiro atoms. The summed E-state index contributed by atoms with van der Waals surface area (Å²) in [7, 11) is 0. The van der Waals surface area contributed by atoms with Crippen LogP contribution in [-0.2, 0) is 4.74 Å². The highest BCUT2D eigenvalue weighted by Crippen LogP contribution is 2.43. The van der Waals surface area contributed by atoms with E-state index in [9.17, 15) is 8.78 Å². The van der Waals surface area contributed by atoms with Gasteiger partial charge >= 0.3 is 0 Å². The minimum Gasteiger partial charge on any atom is -0.381 e. The van der Waals surface area contributed by atoms with Crippen LogP contribution in [-0.4, -0.2) is 53.9 Å². The maximum atomic E-state index is 14.4. The topological polar surface area (TPSA) is 50.3 Å². The third kappa shape index (κ3) is 4.57. The van der Waals surface area contributed by atoms with Gasteiger partial charge in [0.2, 0.25) is 0 Å². The zero-order valence-electron chi connectivity index (χ0n) is 21.5. The van der Waals surface area contributed by atoms with Crippen LogP contribution in [0.25, 0.3) is 11.3 Å². The molecule has 2 saturated heterocycles. The van der Waals surface area contributed by atoms with Crippen molar-refractivity contribution in [3.8, 4) is 11.3 Å². The Balaban J connectivity index is 1.15. The molecule has 2 saturated carbocycles. The molecule has 2 aliphatic heterocycles. The summed E-state index contributed by atoms with van der Waals surface area (Å²) in [6.07, 6.45) is 6.85. The lowest BCUT2D eigenvalue weighted by atomic mass is 9.80. The minimum absolute atomic E-state index is 0.0424. The van der Waals surface area contributed by atoms with E-state index in [0.717, 1.165) is 81.5 Å². The maximum absolute atomic E-state index is 14.4. The van der Waals surface area contributed by atoms with Crippen molar-refractivity contribution in [2.24, 2.45) is 17.8 Å². The molecule has 0 amide bonds. The SMILES string of the molecule is [2H]C([2H])(C1CCOCC1)N1C[C@H]2CC(Nc3nnc(-c4cc(F)ccc4F)cc3C3CCC3)C[C@H]2C1. The lowest BCUT2D eigenvalue weighted by Crippen LogP contribution is -2.32. The Labute approximate surface area is 203 Å². The van der Waals surface area contributed by atoms with E-state index >= 15 is 0 Å². The number of rotatable bonds is 6. The molecule has 1 aromatic carbocycles. The molecule has 1 aromatic heterocycles. The number of hydrogen-bond acceptors (Lipinski definition) is 5. The minimum atomic E-state index is -1.28. The number of halogens is 2. The molecule has 182 valence electrons. The highest BCUT2D eigenvalue weighted by molar-refractivity contribution is 5.63. The van der Waals surface area contributed by atoms with Crippen molar-refractivity contribution in [2.45, 2.75) is 56.9 Å². The summed E-state index contributed by atoms with van der Waals surface area (Å²) < 4.78 is 51.2. The average Bonchev–Trinajstić information content (AvgIpc) is 3.41. The van der Waals surface area contributed by atoms with Crippen LogP contribution >= 0.6 is 0 Å². The molecule has 2 aliphatic carbocycles. The van der Waals surface area contributed by atoms with Gasteiger partial charge in [-0.25, -0.2) is 8.78 Å². The van der Waals surface area contributed by atoms with Crippen molar-refractivity contribution in [1.82, 2.24) is 15.1 Å². The highest BCUT2D eigenvalue weighted by atomic mass is 19.1. The van der Waals surface area contributed by atoms with Crippen LogP contribution in [0.4, 0.5) is 14.6 Å². The van der Waals surface area contributed by atoms with Crippen LogP contribution in [0.3, 0.4) is 0 Å². The van der Waals surface area contributed by atoms with Crippen LogP contribution in [0.15, 0.2) is 24.3 Å². The second-order valence-electron chi connectivity index (χ2n) is 10.5. The highest BCUT2D eigenvalue weighted by Gasteiger charge is 2.41. The summed E-state index contributed by atoms with van der Waals surface area (Å²) in [6, 6.07) is 5.58. The Bertz CT molecular complexity index is 1100. The zero-order valence-corrected chi connectivity index (χ0v) is 19.5. The molecule has 1 unspecified atom stereocenters. The van der Waals surface area contributed by atoms with Gasteiger partial charge in [0.15, 0.2) is 5.82 Å². The molecule has 3 heterocycles. The Kier molecular flexibility index (Phi) is 5.62. The average molecular weight is 471 g/mol. The van der Waals surface area contributed by atoms with Crippen LogP contribution in [0.5, 0.6) is 0 Å². The van der Waals surface area contributed by atoms with E-state index in [1.54, 1.807) is 0 Å². The normalized spacial score (nSPS) is 29.4. The first-order chi connectivity index (χ1) is 17.4. The predicted octanol–water partition coefficient (Wildman–Crippen LogP) is 5.24. The number of benzene rings is 1. The van der Waals surface area contributed by atoms with Crippen molar-refractivity contribution in [2.75, 3.05) is 38.1 Å². The lowest BCUT2D eigenvalue weighted by molar-refractivity contribution is 0.0545. The number of hydrogen-bond donors (Lipinski definition) is 1. The molecule has 0 bridgehead atoms. The third-order valence-corrected chi connectivity index (χ3v) is 8.25. The van der Waals surface area contributed by atoms with Crippen LogP contribution < -0.4 is 5.32 Å². The Hall–Kier alpha value is -2.12. The monoisotopic (exact) mass is 470 g/mol. The largest absolute Gasteiger partial charge is 0.381 e. The number of anilines is 1. The molecule has 34 heavy (non-hydrogen) atoms. The van der Waals surface area contributed by atoms with Gasteiger partial charge in [-0.1, -0.05) is 6.42 Å². The summed E-state index contributed by atoms with van der Waals surface area (Å²) in [4.78, 5) is 2.08. The van der Waals surface area contributed by atoms with Gasteiger partial charge in [0.1, 0.15) is 11.6 Å². The van der Waals surface area contributed by atoms with Crippen molar-refractivity contribution in [1.29, 1.82) is 0 Å². The first kappa shape index (κ1) is 20.1. The van der Waals surface area contributed by atoms with Crippen LogP contribution in [0.2, 0.25) is 0 Å². The molecule has 0 radical (unpaired) electrons. The van der Waals surface area contributed by atoms with Gasteiger partial charge in [-0.15, -0.1) is 10.2 Å². The molecule has 2 aromatic rings. The van der Waals surface area contributed by atoms with Crippen molar-refractivity contribution in [3.05, 3.63) is 41.5 Å². The number of likely N-dealkylation sites (tertiary alicyclic amines) is 1. The van der Waals surface area contributed by atoms with Crippen molar-refractivity contribution < 1.29 is 16.3 Å². The summed E-state index contributed by atoms with van der Waals surface area (Å²) in [6.45, 7) is 1.64. The Morgan fingerprint density at radius 1 is 1.03 bits per heavy atom. The van der Waals surface area contributed by atoms with Gasteiger partial charge in [-0.3, -0.25) is 0 Å². The van der Waals surface area contributed by atoms with Gasteiger partial charge in [0.25, 0.3) is 0 Å². The fraction of sp³-hybridized carbons (Fsp3) is 0.630. The van der Waals surface area contributed by atoms with E-state index in [2.05, 4.69) is 20.4 Å². The number of aromatic nitrogens is 2. The van der Waals surface area contributed by atoms with Crippen molar-refractivity contribution in [3.63, 3.8) is 0 Å². The molecule has 4 aliphatic rings. The number of nitrogens with zero attached hydrogens (tertiary/aromatic N) is 3. The molecule has 7 heteroatoms. The lowest BCUT2D eigenvalue weighted by Gasteiger charge is -2.29. The second kappa shape index (κ2) is 9.50. The molecule has 6 rings (SSSR count). The summed E-state index contributed by atoms with van der Waals surface area (Å²) in [5, 5.41) is 12.4. The quantitative estimate of drug-likeness (QED) is 0.626. The molecular formula is C27H34F2N4O. The summed E-state index contributed by atoms with van der Waals surface area (Å²) in [5.74, 6) is 1.12. The smallest absolute Gasteiger partial charge is 0.152 e. The first-order valence-corrected chi connectivity index (χ1v) is 12.8. The Morgan fingerprint density at radius 2 is 1.79 bits per heavy atom. The van der Waals surface area contributed by atoms with Gasteiger partial charge in [-0.2, -0.15) is 0 Å². The number of ether oxygens (including phenoxy) is 1. The summed E-state index contributed by atoms with van der Waals surface area (Å²) in [5.41, 5.74) is 1.56. The molecule has 4 fully saturated rings. The molecule has 1 N–H and O–H groups in total. The van der Waals surface area contributed by atoms with Crippen molar-refractivity contribution >= 4 is 5.82 Å². The van der Waals surface area contributed by atoms with E-state index in [1.165, 1.54) is 6.07 Å². The van der Waals surface area contributed by atoms with Crippen LogP contribution in [0, 0.1) is 29.4 Å². The van der Waals surface area contributed by atoms with E-state index in [4.69, 9.17) is 7.48 Å². The van der Waals surface area contributed by atoms with E-state index in [0.29, 0.717) is 36.7 Å². The fourth-order valence-corrected chi connectivity index (χ4v) is 6.18. The van der Waals surface area contributed by atoms with Crippen LogP contribution in [0.1, 0.15) is 59.2 Å². The second-order valence-corrected chi connectivity index (χ2v) is 10.5. The maximum Gasteiger partial charge on any atom is 0.152 e. The van der Waals surface area contributed by atoms with E-state index in [-0.39, 0.29) is 17.5 Å². The molecule has 5 nitrogen and oxygen atoms in total. The first-order valence-electron chi connectivity index (χ1n) is 13.8. The number of nitrogens with one attached hydrogen (secondary N) is 1. The van der Waals surface area contributed by atoms with E-state index in [1.807, 2.05) is 6.07 Å². The van der Waals surface area contributed by atoms with Gasteiger partial charge < -0.3 is 15.0 Å². The fourth-order valence-electron chi connectivity index (χ4n) is 6.18. The standard InChI is InChI=1S/C27H34F2N4O/c28-21-4-5-25(29)24(12-21)26-13-23(18-2-1-3-18)27(32-31-26)30-22-10-19-15-33(16-20(19)11-22)14-17-6-8-34-9-7-17/h4-5,12-13,17-20,22H,1-3,6-11,14-16H2,(H,30,32)/t19-,20+,22?/i14D2.